The molecule has 0 radical (unpaired) electrons. The molecule has 7 heteroatoms. The average Bonchev–Trinajstić information content (AvgIpc) is 2.93. The van der Waals surface area contributed by atoms with E-state index in [1.165, 1.54) is 4.68 Å². The number of unbranched alkanes of at least 4 members (excludes halogenated alkanes) is 1. The lowest BCUT2D eigenvalue weighted by atomic mass is 9.97. The number of fused-ring (bicyclic) bond motifs is 1. The molecule has 0 aromatic carbocycles. The highest BCUT2D eigenvalue weighted by Gasteiger charge is 2.15. The average molecular weight is 288 g/mol. The quantitative estimate of drug-likeness (QED) is 0.818. The Kier molecular flexibility index (Phi) is 4.08. The molecule has 0 unspecified atom stereocenters. The normalized spacial score (nSPS) is 14.1. The summed E-state index contributed by atoms with van der Waals surface area (Å²) in [6.07, 6.45) is 6.31. The summed E-state index contributed by atoms with van der Waals surface area (Å²) in [7, 11) is 0. The molecule has 0 N–H and O–H groups in total. The van der Waals surface area contributed by atoms with Crippen molar-refractivity contribution in [1.82, 2.24) is 30.0 Å². The van der Waals surface area contributed by atoms with Crippen LogP contribution in [0.5, 0.6) is 0 Å². The van der Waals surface area contributed by atoms with Crippen LogP contribution in [0.3, 0.4) is 0 Å². The maximum absolute atomic E-state index is 12.2. The third kappa shape index (κ3) is 3.01. The van der Waals surface area contributed by atoms with E-state index in [1.54, 1.807) is 10.7 Å². The molecule has 2 heterocycles. The molecule has 1 aliphatic carbocycles. The van der Waals surface area contributed by atoms with Crippen LogP contribution in [-0.2, 0) is 25.9 Å². The van der Waals surface area contributed by atoms with E-state index >= 15 is 0 Å². The summed E-state index contributed by atoms with van der Waals surface area (Å²) in [5.41, 5.74) is 2.09. The van der Waals surface area contributed by atoms with Crippen molar-refractivity contribution in [3.8, 4) is 0 Å². The van der Waals surface area contributed by atoms with Crippen molar-refractivity contribution in [2.24, 2.45) is 0 Å². The highest BCUT2D eigenvalue weighted by molar-refractivity contribution is 5.20. The summed E-state index contributed by atoms with van der Waals surface area (Å²) in [4.78, 5) is 12.2. The number of nitrogens with zero attached hydrogens (tertiary/aromatic N) is 6. The van der Waals surface area contributed by atoms with Crippen LogP contribution in [0.4, 0.5) is 0 Å². The molecule has 0 saturated heterocycles. The van der Waals surface area contributed by atoms with Crippen molar-refractivity contribution in [2.45, 2.75) is 58.5 Å². The smallest absolute Gasteiger partial charge is 0.267 e. The summed E-state index contributed by atoms with van der Waals surface area (Å²) in [6, 6.07) is 1.72. The van der Waals surface area contributed by atoms with Gasteiger partial charge in [0.2, 0.25) is 0 Å². The number of hydrogen-bond acceptors (Lipinski definition) is 5. The molecule has 0 atom stereocenters. The third-order valence-electron chi connectivity index (χ3n) is 3.89. The van der Waals surface area contributed by atoms with Crippen LogP contribution in [0.1, 0.15) is 49.7 Å². The van der Waals surface area contributed by atoms with Crippen molar-refractivity contribution < 1.29 is 0 Å². The minimum atomic E-state index is -0.0688. The molecule has 2 aromatic rings. The SMILES string of the molecule is CCCCn1nnnc1Cn1nc2c(cc1=O)CCCC2. The highest BCUT2D eigenvalue weighted by Crippen LogP contribution is 2.16. The largest absolute Gasteiger partial charge is 0.268 e. The van der Waals surface area contributed by atoms with Crippen LogP contribution in [-0.4, -0.2) is 30.0 Å². The van der Waals surface area contributed by atoms with Crippen LogP contribution in [0.25, 0.3) is 0 Å². The van der Waals surface area contributed by atoms with Gasteiger partial charge in [0, 0.05) is 12.6 Å². The van der Waals surface area contributed by atoms with Crippen molar-refractivity contribution >= 4 is 0 Å². The molecular weight excluding hydrogens is 268 g/mol. The predicted molar refractivity (Wildman–Crippen MR) is 77.0 cm³/mol. The minimum absolute atomic E-state index is 0.0688. The van der Waals surface area contributed by atoms with Gasteiger partial charge in [-0.1, -0.05) is 13.3 Å². The summed E-state index contributed by atoms with van der Waals surface area (Å²) in [5, 5.41) is 16.2. The fourth-order valence-electron chi connectivity index (χ4n) is 2.67. The Morgan fingerprint density at radius 3 is 2.95 bits per heavy atom. The van der Waals surface area contributed by atoms with E-state index in [9.17, 15) is 4.79 Å². The number of aromatic nitrogens is 6. The molecule has 0 spiro atoms. The number of tetrazole rings is 1. The first-order valence-corrected chi connectivity index (χ1v) is 7.63. The second kappa shape index (κ2) is 6.15. The van der Waals surface area contributed by atoms with Gasteiger partial charge in [-0.15, -0.1) is 5.10 Å². The van der Waals surface area contributed by atoms with Gasteiger partial charge in [0.15, 0.2) is 5.82 Å². The summed E-state index contributed by atoms with van der Waals surface area (Å²) >= 11 is 0. The predicted octanol–water partition coefficient (Wildman–Crippen LogP) is 0.957. The van der Waals surface area contributed by atoms with Gasteiger partial charge in [0.05, 0.1) is 5.69 Å². The van der Waals surface area contributed by atoms with Gasteiger partial charge < -0.3 is 0 Å². The standard InChI is InChI=1S/C14H20N6O/c1-2-3-8-19-13(15-17-18-19)10-20-14(21)9-11-6-4-5-7-12(11)16-20/h9H,2-8,10H2,1H3. The zero-order chi connectivity index (χ0) is 14.7. The highest BCUT2D eigenvalue weighted by atomic mass is 16.1. The van der Waals surface area contributed by atoms with Crippen molar-refractivity contribution in [1.29, 1.82) is 0 Å². The molecule has 0 fully saturated rings. The fraction of sp³-hybridized carbons (Fsp3) is 0.643. The summed E-state index contributed by atoms with van der Waals surface area (Å²) in [5.74, 6) is 0.689. The van der Waals surface area contributed by atoms with Gasteiger partial charge in [-0.2, -0.15) is 5.10 Å². The zero-order valence-corrected chi connectivity index (χ0v) is 12.3. The molecule has 0 bridgehead atoms. The fourth-order valence-corrected chi connectivity index (χ4v) is 2.67. The van der Waals surface area contributed by atoms with E-state index < -0.39 is 0 Å². The first-order chi connectivity index (χ1) is 10.3. The monoisotopic (exact) mass is 288 g/mol. The van der Waals surface area contributed by atoms with E-state index in [4.69, 9.17) is 0 Å². The lowest BCUT2D eigenvalue weighted by molar-refractivity contribution is 0.500. The Hall–Kier alpha value is -2.05. The van der Waals surface area contributed by atoms with Crippen LogP contribution >= 0.6 is 0 Å². The number of aryl methyl sites for hydroxylation is 3. The van der Waals surface area contributed by atoms with Gasteiger partial charge in [0.1, 0.15) is 6.54 Å². The van der Waals surface area contributed by atoms with Crippen LogP contribution in [0.2, 0.25) is 0 Å². The second-order valence-corrected chi connectivity index (χ2v) is 5.49. The number of rotatable bonds is 5. The van der Waals surface area contributed by atoms with Crippen LogP contribution in [0, 0.1) is 0 Å². The van der Waals surface area contributed by atoms with Gasteiger partial charge in [-0.25, -0.2) is 9.36 Å². The van der Waals surface area contributed by atoms with Gasteiger partial charge in [-0.05, 0) is 48.1 Å². The first kappa shape index (κ1) is 13.9. The van der Waals surface area contributed by atoms with Gasteiger partial charge >= 0.3 is 0 Å². The minimum Gasteiger partial charge on any atom is -0.268 e. The van der Waals surface area contributed by atoms with Gasteiger partial charge in [-0.3, -0.25) is 4.79 Å². The molecule has 2 aromatic heterocycles. The van der Waals surface area contributed by atoms with E-state index in [0.29, 0.717) is 12.4 Å². The Bertz CT molecular complexity index is 674. The molecule has 0 aliphatic heterocycles. The van der Waals surface area contributed by atoms with Crippen molar-refractivity contribution in [2.75, 3.05) is 0 Å². The zero-order valence-electron chi connectivity index (χ0n) is 12.3. The van der Waals surface area contributed by atoms with Crippen LogP contribution < -0.4 is 5.56 Å². The summed E-state index contributed by atoms with van der Waals surface area (Å²) < 4.78 is 3.25. The lowest BCUT2D eigenvalue weighted by Gasteiger charge is -2.15. The molecule has 0 saturated carbocycles. The molecule has 3 rings (SSSR count). The Labute approximate surface area is 123 Å². The van der Waals surface area contributed by atoms with Crippen molar-refractivity contribution in [3.05, 3.63) is 33.5 Å². The first-order valence-electron chi connectivity index (χ1n) is 7.63. The van der Waals surface area contributed by atoms with E-state index in [0.717, 1.165) is 56.3 Å². The third-order valence-corrected chi connectivity index (χ3v) is 3.89. The molecule has 112 valence electrons. The molecule has 7 nitrogen and oxygen atoms in total. The second-order valence-electron chi connectivity index (χ2n) is 5.49. The number of hydrogen-bond donors (Lipinski definition) is 0. The summed E-state index contributed by atoms with van der Waals surface area (Å²) in [6.45, 7) is 3.24. The van der Waals surface area contributed by atoms with Gasteiger partial charge in [0.25, 0.3) is 5.56 Å². The molecular formula is C14H20N6O. The van der Waals surface area contributed by atoms with Crippen molar-refractivity contribution in [3.63, 3.8) is 0 Å². The van der Waals surface area contributed by atoms with E-state index in [-0.39, 0.29) is 5.56 Å². The maximum Gasteiger partial charge on any atom is 0.267 e. The van der Waals surface area contributed by atoms with Crippen LogP contribution in [0.15, 0.2) is 10.9 Å². The molecule has 0 amide bonds. The molecule has 21 heavy (non-hydrogen) atoms. The maximum atomic E-state index is 12.2. The lowest BCUT2D eigenvalue weighted by Crippen LogP contribution is -2.28. The Morgan fingerprint density at radius 1 is 1.24 bits per heavy atom. The topological polar surface area (TPSA) is 78.5 Å². The van der Waals surface area contributed by atoms with E-state index in [2.05, 4.69) is 27.5 Å². The Balaban J connectivity index is 1.85. The Morgan fingerprint density at radius 2 is 2.10 bits per heavy atom. The molecule has 1 aliphatic rings. The van der Waals surface area contributed by atoms with E-state index in [1.807, 2.05) is 0 Å².